The third-order valence-electron chi connectivity index (χ3n) is 9.34. The van der Waals surface area contributed by atoms with Gasteiger partial charge in [-0.05, 0) is 99.8 Å². The number of aromatic nitrogens is 3. The molecule has 4 heterocycles. The summed E-state index contributed by atoms with van der Waals surface area (Å²) in [5.74, 6) is 0. The van der Waals surface area contributed by atoms with E-state index in [1.54, 1.807) is 0 Å². The molecule has 5 heteroatoms. The van der Waals surface area contributed by atoms with E-state index in [1.165, 1.54) is 10.8 Å². The molecule has 6 aromatic carbocycles. The van der Waals surface area contributed by atoms with Gasteiger partial charge in [-0.3, -0.25) is 4.40 Å². The number of benzene rings is 6. The van der Waals surface area contributed by atoms with Crippen molar-refractivity contribution in [3.8, 4) is 34.0 Å². The van der Waals surface area contributed by atoms with Crippen LogP contribution in [0.5, 0.6) is 0 Å². The molecule has 10 aromatic rings. The van der Waals surface area contributed by atoms with Gasteiger partial charge in [0.05, 0.1) is 22.7 Å². The minimum Gasteiger partial charge on any atom is -0.437 e. The Bertz CT molecular complexity index is 2920. The average Bonchev–Trinajstić information content (AvgIpc) is 3.78. The fourth-order valence-corrected chi connectivity index (χ4v) is 7.05. The monoisotopic (exact) mass is 600 g/mol. The lowest BCUT2D eigenvalue weighted by atomic mass is 9.97. The van der Waals surface area contributed by atoms with Gasteiger partial charge in [-0.2, -0.15) is 5.26 Å². The number of rotatable bonds is 3. The van der Waals surface area contributed by atoms with Crippen molar-refractivity contribution < 1.29 is 4.42 Å². The van der Waals surface area contributed by atoms with Crippen molar-refractivity contribution in [3.05, 3.63) is 151 Å². The molecule has 0 spiro atoms. The number of furan rings is 1. The molecule has 0 saturated carbocycles. The largest absolute Gasteiger partial charge is 0.437 e. The molecular formula is C42H24N4O. The zero-order valence-electron chi connectivity index (χ0n) is 25.1. The second kappa shape index (κ2) is 9.68. The van der Waals surface area contributed by atoms with Crippen molar-refractivity contribution in [2.24, 2.45) is 0 Å². The zero-order chi connectivity index (χ0) is 31.1. The van der Waals surface area contributed by atoms with E-state index in [0.717, 1.165) is 77.6 Å². The smallest absolute Gasteiger partial charge is 0.232 e. The fraction of sp³-hybridized carbons (Fsp3) is 0. The first-order chi connectivity index (χ1) is 23.2. The summed E-state index contributed by atoms with van der Waals surface area (Å²) in [4.78, 5) is 4.84. The lowest BCUT2D eigenvalue weighted by Crippen LogP contribution is -1.93. The van der Waals surface area contributed by atoms with Crippen LogP contribution in [0, 0.1) is 11.3 Å². The Kier molecular flexibility index (Phi) is 5.28. The normalized spacial score (nSPS) is 11.8. The summed E-state index contributed by atoms with van der Waals surface area (Å²) in [6.45, 7) is 0. The highest BCUT2D eigenvalue weighted by Gasteiger charge is 2.16. The van der Waals surface area contributed by atoms with Gasteiger partial charge in [0.1, 0.15) is 16.7 Å². The van der Waals surface area contributed by atoms with Crippen molar-refractivity contribution in [2.45, 2.75) is 0 Å². The summed E-state index contributed by atoms with van der Waals surface area (Å²) in [5, 5.41) is 15.3. The Labute approximate surface area is 268 Å². The second-order valence-corrected chi connectivity index (χ2v) is 12.0. The average molecular weight is 601 g/mol. The number of para-hydroxylation sites is 2. The van der Waals surface area contributed by atoms with Gasteiger partial charge in [-0.15, -0.1) is 0 Å². The lowest BCUT2D eigenvalue weighted by Gasteiger charge is -2.10. The number of hydrogen-bond donors (Lipinski definition) is 0. The molecule has 218 valence electrons. The first-order valence-corrected chi connectivity index (χ1v) is 15.6. The van der Waals surface area contributed by atoms with E-state index in [4.69, 9.17) is 9.40 Å². The number of nitrogens with zero attached hydrogens (tertiary/aromatic N) is 4. The highest BCUT2D eigenvalue weighted by atomic mass is 16.3. The second-order valence-electron chi connectivity index (χ2n) is 12.0. The maximum atomic E-state index is 9.62. The van der Waals surface area contributed by atoms with E-state index < -0.39 is 0 Å². The molecule has 0 bridgehead atoms. The van der Waals surface area contributed by atoms with Gasteiger partial charge in [0.2, 0.25) is 5.71 Å². The molecule has 4 aromatic heterocycles. The van der Waals surface area contributed by atoms with Crippen molar-refractivity contribution in [2.75, 3.05) is 0 Å². The molecule has 0 atom stereocenters. The summed E-state index contributed by atoms with van der Waals surface area (Å²) >= 11 is 0. The first kappa shape index (κ1) is 25.7. The molecule has 0 aliphatic carbocycles. The van der Waals surface area contributed by atoms with Crippen LogP contribution in [0.3, 0.4) is 0 Å². The van der Waals surface area contributed by atoms with Gasteiger partial charge < -0.3 is 8.98 Å². The van der Waals surface area contributed by atoms with Crippen LogP contribution in [0.25, 0.3) is 88.4 Å². The first-order valence-electron chi connectivity index (χ1n) is 15.6. The van der Waals surface area contributed by atoms with Gasteiger partial charge in [-0.1, -0.05) is 72.8 Å². The molecular weight excluding hydrogens is 576 g/mol. The van der Waals surface area contributed by atoms with Crippen molar-refractivity contribution in [3.63, 3.8) is 0 Å². The Morgan fingerprint density at radius 1 is 0.574 bits per heavy atom. The summed E-state index contributed by atoms with van der Waals surface area (Å²) in [6.07, 6.45) is 2.11. The predicted molar refractivity (Wildman–Crippen MR) is 190 cm³/mol. The van der Waals surface area contributed by atoms with E-state index in [0.29, 0.717) is 5.56 Å². The van der Waals surface area contributed by atoms with Gasteiger partial charge >= 0.3 is 0 Å². The molecule has 10 rings (SSSR count). The molecule has 0 N–H and O–H groups in total. The molecule has 0 aliphatic heterocycles. The predicted octanol–water partition coefficient (Wildman–Crippen LogP) is 10.7. The number of nitriles is 1. The van der Waals surface area contributed by atoms with E-state index in [9.17, 15) is 5.26 Å². The van der Waals surface area contributed by atoms with Gasteiger partial charge in [0.15, 0.2) is 0 Å². The Hall–Kier alpha value is -6.64. The summed E-state index contributed by atoms with van der Waals surface area (Å²) in [6, 6.07) is 50.8. The van der Waals surface area contributed by atoms with Gasteiger partial charge in [0.25, 0.3) is 0 Å². The minimum atomic E-state index is 0.652. The van der Waals surface area contributed by atoms with Crippen molar-refractivity contribution in [1.82, 2.24) is 14.0 Å². The standard InChI is InChI=1S/C42H24N4O/c43-24-26-10-17-34-35-18-15-31(23-38(35)46(37(34)20-26)33-6-2-1-3-7-33)29-12-11-28-22-30(14-13-27(28)21-29)32-16-19-40-44-41-36-8-4-5-9-39(36)47-42(41)45(40)25-32/h1-23,25H. The molecule has 47 heavy (non-hydrogen) atoms. The van der Waals surface area contributed by atoms with Gasteiger partial charge in [0, 0.05) is 28.0 Å². The van der Waals surface area contributed by atoms with Crippen LogP contribution in [0.15, 0.2) is 150 Å². The molecule has 0 aliphatic rings. The van der Waals surface area contributed by atoms with Crippen molar-refractivity contribution in [1.29, 1.82) is 5.26 Å². The SMILES string of the molecule is N#Cc1ccc2c3ccc(-c4ccc5cc(-c6ccc7nc8c9ccccc9oc8n7c6)ccc5c4)cc3n(-c3ccccc3)c2c1. The number of hydrogen-bond acceptors (Lipinski definition) is 3. The third-order valence-corrected chi connectivity index (χ3v) is 9.34. The summed E-state index contributed by atoms with van der Waals surface area (Å²) in [7, 11) is 0. The quantitative estimate of drug-likeness (QED) is 0.203. The third kappa shape index (κ3) is 3.86. The molecule has 0 saturated heterocycles. The highest BCUT2D eigenvalue weighted by molar-refractivity contribution is 6.10. The molecule has 0 unspecified atom stereocenters. The summed E-state index contributed by atoms with van der Waals surface area (Å²) in [5.41, 5.74) is 11.8. The van der Waals surface area contributed by atoms with Crippen LogP contribution < -0.4 is 0 Å². The lowest BCUT2D eigenvalue weighted by molar-refractivity contribution is 0.649. The van der Waals surface area contributed by atoms with Crippen LogP contribution in [0.1, 0.15) is 5.56 Å². The summed E-state index contributed by atoms with van der Waals surface area (Å²) < 4.78 is 10.5. The molecule has 0 amide bonds. The Balaban J connectivity index is 1.07. The minimum absolute atomic E-state index is 0.652. The maximum Gasteiger partial charge on any atom is 0.232 e. The zero-order valence-corrected chi connectivity index (χ0v) is 25.1. The fourth-order valence-electron chi connectivity index (χ4n) is 7.05. The van der Waals surface area contributed by atoms with Crippen LogP contribution >= 0.6 is 0 Å². The van der Waals surface area contributed by atoms with Crippen LogP contribution in [-0.2, 0) is 0 Å². The van der Waals surface area contributed by atoms with Crippen LogP contribution in [0.4, 0.5) is 0 Å². The molecule has 5 nitrogen and oxygen atoms in total. The number of fused-ring (bicyclic) bond motifs is 9. The van der Waals surface area contributed by atoms with Crippen LogP contribution in [0.2, 0.25) is 0 Å². The van der Waals surface area contributed by atoms with Crippen LogP contribution in [-0.4, -0.2) is 14.0 Å². The molecule has 0 radical (unpaired) electrons. The van der Waals surface area contributed by atoms with Gasteiger partial charge in [-0.25, -0.2) is 4.98 Å². The molecule has 0 fully saturated rings. The number of pyridine rings is 1. The Morgan fingerprint density at radius 2 is 1.23 bits per heavy atom. The Morgan fingerprint density at radius 3 is 2.04 bits per heavy atom. The number of imidazole rings is 1. The topological polar surface area (TPSA) is 59.2 Å². The van der Waals surface area contributed by atoms with E-state index in [1.807, 2.05) is 40.8 Å². The van der Waals surface area contributed by atoms with E-state index in [-0.39, 0.29) is 0 Å². The van der Waals surface area contributed by atoms with E-state index >= 15 is 0 Å². The highest BCUT2D eigenvalue weighted by Crippen LogP contribution is 2.37. The van der Waals surface area contributed by atoms with Crippen molar-refractivity contribution >= 4 is 60.4 Å². The maximum absolute atomic E-state index is 9.62. The van der Waals surface area contributed by atoms with E-state index in [2.05, 4.69) is 120 Å².